The van der Waals surface area contributed by atoms with Gasteiger partial charge in [-0.15, -0.1) is 0 Å². The molecule has 4 N–H and O–H groups in total. The van der Waals surface area contributed by atoms with E-state index in [1.807, 2.05) is 72.8 Å². The largest absolute Gasteiger partial charge is 0.457 e. The van der Waals surface area contributed by atoms with Gasteiger partial charge in [0.15, 0.2) is 0 Å². The van der Waals surface area contributed by atoms with Crippen LogP contribution < -0.4 is 25.8 Å². The first kappa shape index (κ1) is 38.0. The number of rotatable bonds is 11. The van der Waals surface area contributed by atoms with Gasteiger partial charge in [0.2, 0.25) is 0 Å². The Labute approximate surface area is 361 Å². The van der Waals surface area contributed by atoms with E-state index in [1.165, 1.54) is 38.2 Å². The van der Waals surface area contributed by atoms with Gasteiger partial charge in [-0.2, -0.15) is 0 Å². The molecule has 298 valence electrons. The van der Waals surface area contributed by atoms with Crippen LogP contribution in [-0.4, -0.2) is 0 Å². The van der Waals surface area contributed by atoms with Gasteiger partial charge < -0.3 is 25.8 Å². The van der Waals surface area contributed by atoms with Gasteiger partial charge in [0, 0.05) is 34.1 Å². The molecule has 0 bridgehead atoms. The lowest BCUT2D eigenvalue weighted by molar-refractivity contribution is 0.482. The Morgan fingerprint density at radius 1 is 0.339 bits per heavy atom. The molecule has 1 atom stereocenters. The van der Waals surface area contributed by atoms with E-state index in [9.17, 15) is 0 Å². The minimum absolute atomic E-state index is 0.000585. The highest BCUT2D eigenvalue weighted by molar-refractivity contribution is 5.99. The topological polar surface area (TPSA) is 73.7 Å². The van der Waals surface area contributed by atoms with Crippen LogP contribution in [0, 0.1) is 0 Å². The second-order valence-electron chi connectivity index (χ2n) is 15.4. The quantitative estimate of drug-likeness (QED) is 0.101. The summed E-state index contributed by atoms with van der Waals surface area (Å²) in [5.74, 6) is 3.01. The van der Waals surface area contributed by atoms with E-state index in [-0.39, 0.29) is 5.92 Å². The predicted octanol–water partition coefficient (Wildman–Crippen LogP) is 15.1. The van der Waals surface area contributed by atoms with Crippen molar-refractivity contribution in [2.45, 2.75) is 5.92 Å². The zero-order valence-corrected chi connectivity index (χ0v) is 33.9. The van der Waals surface area contributed by atoms with E-state index in [0.29, 0.717) is 11.4 Å². The number of hydrogen-bond acceptors (Lipinski definition) is 5. The van der Waals surface area contributed by atoms with Crippen LogP contribution in [0.2, 0.25) is 0 Å². The Balaban J connectivity index is 0.968. The fraction of sp³-hybridized carbons (Fsp3) is 0.0175. The molecular weight excluding hydrogens is 759 g/mol. The monoisotopic (exact) mass is 801 g/mol. The molecule has 0 radical (unpaired) electrons. The fourth-order valence-corrected chi connectivity index (χ4v) is 8.29. The van der Waals surface area contributed by atoms with Crippen molar-refractivity contribution in [3.63, 3.8) is 0 Å². The summed E-state index contributed by atoms with van der Waals surface area (Å²) in [7, 11) is 0. The van der Waals surface area contributed by atoms with Gasteiger partial charge in [-0.3, -0.25) is 0 Å². The van der Waals surface area contributed by atoms with E-state index in [4.69, 9.17) is 20.9 Å². The maximum atomic E-state index is 6.17. The smallest absolute Gasteiger partial charge is 0.127 e. The minimum Gasteiger partial charge on any atom is -0.457 e. The highest BCUT2D eigenvalue weighted by Gasteiger charge is 2.20. The summed E-state index contributed by atoms with van der Waals surface area (Å²) in [5.41, 5.74) is 22.3. The molecule has 10 aromatic rings. The van der Waals surface area contributed by atoms with Crippen molar-refractivity contribution in [2.24, 2.45) is 0 Å². The molecule has 0 saturated carbocycles. The summed E-state index contributed by atoms with van der Waals surface area (Å²) >= 11 is 0. The molecule has 0 heterocycles. The summed E-state index contributed by atoms with van der Waals surface area (Å²) in [6, 6.07) is 79.6. The van der Waals surface area contributed by atoms with Crippen molar-refractivity contribution < 1.29 is 9.47 Å². The Morgan fingerprint density at radius 3 is 1.27 bits per heavy atom. The van der Waals surface area contributed by atoms with Crippen molar-refractivity contribution in [1.82, 2.24) is 0 Å². The molecule has 5 nitrogen and oxygen atoms in total. The highest BCUT2D eigenvalue weighted by Crippen LogP contribution is 2.42. The molecule has 10 aromatic carbocycles. The Hall–Kier alpha value is -8.28. The first-order valence-corrected chi connectivity index (χ1v) is 20.8. The van der Waals surface area contributed by atoms with Crippen molar-refractivity contribution >= 4 is 50.0 Å². The number of ether oxygens (including phenoxy) is 2. The van der Waals surface area contributed by atoms with Crippen LogP contribution in [-0.2, 0) is 0 Å². The lowest BCUT2D eigenvalue weighted by Crippen LogP contribution is -2.10. The van der Waals surface area contributed by atoms with E-state index in [2.05, 4.69) is 163 Å². The third-order valence-corrected chi connectivity index (χ3v) is 11.4. The summed E-state index contributed by atoms with van der Waals surface area (Å²) < 4.78 is 12.3. The second-order valence-corrected chi connectivity index (χ2v) is 15.4. The van der Waals surface area contributed by atoms with Gasteiger partial charge in [-0.1, -0.05) is 127 Å². The molecule has 0 saturated heterocycles. The van der Waals surface area contributed by atoms with Gasteiger partial charge in [0.1, 0.15) is 23.0 Å². The lowest BCUT2D eigenvalue weighted by Gasteiger charge is -2.27. The minimum atomic E-state index is 0.000585. The molecule has 0 amide bonds. The number of nitrogens with two attached hydrogens (primary N) is 2. The van der Waals surface area contributed by atoms with E-state index in [1.54, 1.807) is 0 Å². The van der Waals surface area contributed by atoms with Crippen LogP contribution in [0.15, 0.2) is 231 Å². The third kappa shape index (κ3) is 7.91. The lowest BCUT2D eigenvalue weighted by atomic mass is 9.82. The van der Waals surface area contributed by atoms with Crippen molar-refractivity contribution in [1.29, 1.82) is 0 Å². The maximum absolute atomic E-state index is 6.17. The summed E-state index contributed by atoms with van der Waals surface area (Å²) in [6.45, 7) is 0. The van der Waals surface area contributed by atoms with Gasteiger partial charge >= 0.3 is 0 Å². The van der Waals surface area contributed by atoms with Crippen molar-refractivity contribution in [3.05, 3.63) is 247 Å². The maximum Gasteiger partial charge on any atom is 0.127 e. The molecule has 0 aliphatic heterocycles. The normalized spacial score (nSPS) is 11.6. The van der Waals surface area contributed by atoms with E-state index >= 15 is 0 Å². The molecular formula is C57H43N3O2. The predicted molar refractivity (Wildman–Crippen MR) is 257 cm³/mol. The molecule has 0 aliphatic carbocycles. The molecule has 5 heteroatoms. The Bertz CT molecular complexity index is 2880. The highest BCUT2D eigenvalue weighted by atomic mass is 16.5. The number of nitrogen functional groups attached to an aromatic ring is 2. The van der Waals surface area contributed by atoms with Crippen LogP contribution in [0.3, 0.4) is 0 Å². The second kappa shape index (κ2) is 16.8. The molecule has 0 aliphatic rings. The molecule has 10 rings (SSSR count). The van der Waals surface area contributed by atoms with E-state index < -0.39 is 0 Å². The Kier molecular flexibility index (Phi) is 10.3. The van der Waals surface area contributed by atoms with Gasteiger partial charge in [-0.25, -0.2) is 0 Å². The third-order valence-electron chi connectivity index (χ3n) is 11.4. The SMILES string of the molecule is Nc1ccc(Oc2ccc(C(c3ccc(-c4ccc(N(c5ccc(Oc6ccc(N)cc6)cc5)c5cccc6ccccc56)cc4)cc3)c3cccc4ccccc34)cc2)cc1. The zero-order valence-electron chi connectivity index (χ0n) is 33.9. The average molecular weight is 802 g/mol. The van der Waals surface area contributed by atoms with Crippen molar-refractivity contribution in [2.75, 3.05) is 16.4 Å². The fourth-order valence-electron chi connectivity index (χ4n) is 8.29. The number of fused-ring (bicyclic) bond motifs is 2. The number of hydrogen-bond donors (Lipinski definition) is 2. The van der Waals surface area contributed by atoms with Gasteiger partial charge in [-0.05, 0) is 147 Å². The molecule has 0 fully saturated rings. The van der Waals surface area contributed by atoms with E-state index in [0.717, 1.165) is 51.2 Å². The number of nitrogens with zero attached hydrogens (tertiary/aromatic N) is 1. The number of anilines is 5. The number of benzene rings is 10. The molecule has 1 unspecified atom stereocenters. The average Bonchev–Trinajstić information content (AvgIpc) is 3.32. The summed E-state index contributed by atoms with van der Waals surface area (Å²) in [4.78, 5) is 2.31. The molecule has 62 heavy (non-hydrogen) atoms. The van der Waals surface area contributed by atoms with Gasteiger partial charge in [0.05, 0.1) is 5.69 Å². The zero-order chi connectivity index (χ0) is 41.8. The first-order chi connectivity index (χ1) is 30.5. The Morgan fingerprint density at radius 2 is 0.726 bits per heavy atom. The van der Waals surface area contributed by atoms with Crippen LogP contribution in [0.4, 0.5) is 28.4 Å². The molecule has 0 spiro atoms. The van der Waals surface area contributed by atoms with Crippen LogP contribution in [0.5, 0.6) is 23.0 Å². The van der Waals surface area contributed by atoms with Gasteiger partial charge in [0.25, 0.3) is 0 Å². The summed E-state index contributed by atoms with van der Waals surface area (Å²) in [5, 5.41) is 4.80. The van der Waals surface area contributed by atoms with Crippen LogP contribution in [0.25, 0.3) is 32.7 Å². The standard InChI is InChI=1S/C57H43N3O2/c58-45-23-33-50(34-24-45)61-49-31-21-44(22-32-49)57(55-13-5-9-41-7-1-3-11-53(41)55)43-17-15-39(16-18-43)40-19-27-47(28-20-40)60(56-14-6-10-42-8-2-4-12-54(42)56)48-29-37-52(38-30-48)62-51-35-25-46(59)26-36-51/h1-38,57H,58-59H2. The summed E-state index contributed by atoms with van der Waals surface area (Å²) in [6.07, 6.45) is 0. The van der Waals surface area contributed by atoms with Crippen LogP contribution in [0.1, 0.15) is 22.6 Å². The van der Waals surface area contributed by atoms with Crippen molar-refractivity contribution in [3.8, 4) is 34.1 Å². The van der Waals surface area contributed by atoms with Crippen LogP contribution >= 0.6 is 0 Å². The first-order valence-electron chi connectivity index (χ1n) is 20.8. The molecule has 0 aromatic heterocycles.